The fraction of sp³-hybridized carbons (Fsp3) is 0.556. The minimum atomic E-state index is -3.47. The van der Waals surface area contributed by atoms with Gasteiger partial charge in [-0.3, -0.25) is 0 Å². The number of thiophene rings is 1. The molecule has 7 heteroatoms. The van der Waals surface area contributed by atoms with Crippen LogP contribution < -0.4 is 0 Å². The van der Waals surface area contributed by atoms with E-state index in [1.54, 1.807) is 13.0 Å². The van der Waals surface area contributed by atoms with Crippen molar-refractivity contribution in [2.75, 3.05) is 13.1 Å². The highest BCUT2D eigenvalue weighted by Crippen LogP contribution is 2.33. The molecule has 1 atom stereocenters. The summed E-state index contributed by atoms with van der Waals surface area (Å²) in [5, 5.41) is 9.34. The molecule has 0 spiro atoms. The molecule has 1 fully saturated rings. The molecule has 1 aliphatic rings. The van der Waals surface area contributed by atoms with Crippen LogP contribution >= 0.6 is 22.9 Å². The molecule has 1 saturated heterocycles. The Morgan fingerprint density at radius 2 is 2.31 bits per heavy atom. The molecular formula is C9H12ClNO3S2. The summed E-state index contributed by atoms with van der Waals surface area (Å²) < 4.78 is 26.3. The van der Waals surface area contributed by atoms with Gasteiger partial charge in [-0.2, -0.15) is 4.31 Å². The van der Waals surface area contributed by atoms with Gasteiger partial charge in [-0.1, -0.05) is 11.6 Å². The van der Waals surface area contributed by atoms with Crippen molar-refractivity contribution in [1.29, 1.82) is 0 Å². The van der Waals surface area contributed by atoms with Crippen molar-refractivity contribution in [2.45, 2.75) is 23.7 Å². The standard InChI is InChI=1S/C9H12ClNO3S2/c1-6-4-8(15-9(6)10)16(13,14)11-3-2-7(12)5-11/h4,7,12H,2-3,5H2,1H3/t7-/m1/s1. The molecule has 0 amide bonds. The molecule has 16 heavy (non-hydrogen) atoms. The lowest BCUT2D eigenvalue weighted by atomic mass is 10.3. The van der Waals surface area contributed by atoms with Crippen molar-refractivity contribution in [1.82, 2.24) is 4.31 Å². The number of rotatable bonds is 2. The molecule has 0 saturated carbocycles. The van der Waals surface area contributed by atoms with Crippen LogP contribution in [0.2, 0.25) is 4.34 Å². The fourth-order valence-electron chi connectivity index (χ4n) is 1.62. The first kappa shape index (κ1) is 12.3. The Labute approximate surface area is 104 Å². The summed E-state index contributed by atoms with van der Waals surface area (Å²) in [6.45, 7) is 2.33. The Morgan fingerprint density at radius 1 is 1.62 bits per heavy atom. The summed E-state index contributed by atoms with van der Waals surface area (Å²) in [6, 6.07) is 1.58. The van der Waals surface area contributed by atoms with Crippen LogP contribution in [0.5, 0.6) is 0 Å². The maximum atomic E-state index is 12.1. The number of sulfonamides is 1. The van der Waals surface area contributed by atoms with Crippen LogP contribution in [0.1, 0.15) is 12.0 Å². The van der Waals surface area contributed by atoms with Crippen molar-refractivity contribution in [2.24, 2.45) is 0 Å². The average Bonchev–Trinajstić information content (AvgIpc) is 2.75. The summed E-state index contributed by atoms with van der Waals surface area (Å²) in [5.74, 6) is 0. The van der Waals surface area contributed by atoms with Crippen LogP contribution in [-0.4, -0.2) is 37.0 Å². The van der Waals surface area contributed by atoms with E-state index in [0.717, 1.165) is 16.9 Å². The molecule has 2 rings (SSSR count). The van der Waals surface area contributed by atoms with Crippen molar-refractivity contribution < 1.29 is 13.5 Å². The van der Waals surface area contributed by atoms with Gasteiger partial charge in [-0.15, -0.1) is 11.3 Å². The zero-order valence-corrected chi connectivity index (χ0v) is 11.1. The number of aryl methyl sites for hydroxylation is 1. The average molecular weight is 282 g/mol. The van der Waals surface area contributed by atoms with E-state index in [-0.39, 0.29) is 10.8 Å². The minimum absolute atomic E-state index is 0.177. The lowest BCUT2D eigenvalue weighted by Crippen LogP contribution is -2.29. The SMILES string of the molecule is Cc1cc(S(=O)(=O)N2CC[C@@H](O)C2)sc1Cl. The van der Waals surface area contributed by atoms with Crippen LogP contribution in [0, 0.1) is 6.92 Å². The first-order valence-electron chi connectivity index (χ1n) is 4.85. The number of hydrogen-bond acceptors (Lipinski definition) is 4. The van der Waals surface area contributed by atoms with Gasteiger partial charge in [0.05, 0.1) is 10.4 Å². The molecule has 1 aromatic heterocycles. The summed E-state index contributed by atoms with van der Waals surface area (Å²) in [6.07, 6.45) is -0.0524. The molecule has 0 aromatic carbocycles. The lowest BCUT2D eigenvalue weighted by Gasteiger charge is -2.13. The number of aliphatic hydroxyl groups is 1. The quantitative estimate of drug-likeness (QED) is 0.893. The molecule has 90 valence electrons. The number of hydrogen-bond donors (Lipinski definition) is 1. The summed E-state index contributed by atoms with van der Waals surface area (Å²) in [5.41, 5.74) is 0.769. The number of nitrogens with zero attached hydrogens (tertiary/aromatic N) is 1. The van der Waals surface area contributed by atoms with Gasteiger partial charge in [-0.25, -0.2) is 8.42 Å². The maximum Gasteiger partial charge on any atom is 0.252 e. The van der Waals surface area contributed by atoms with Gasteiger partial charge in [0.2, 0.25) is 0 Å². The highest BCUT2D eigenvalue weighted by atomic mass is 35.5. The Balaban J connectivity index is 2.32. The Kier molecular flexibility index (Phi) is 3.29. The zero-order valence-electron chi connectivity index (χ0n) is 8.68. The molecule has 0 aliphatic carbocycles. The third-order valence-corrected chi connectivity index (χ3v) is 6.42. The number of β-amino-alcohol motifs (C(OH)–C–C–N with tert-alkyl or cyclic N) is 1. The maximum absolute atomic E-state index is 12.1. The topological polar surface area (TPSA) is 57.6 Å². The predicted octanol–water partition coefficient (Wildman–Crippen LogP) is 1.47. The normalized spacial score (nSPS) is 22.8. The second-order valence-corrected chi connectivity index (χ2v) is 7.65. The Hall–Kier alpha value is -0.140. The third-order valence-electron chi connectivity index (χ3n) is 2.55. The molecule has 1 N–H and O–H groups in total. The summed E-state index contributed by atoms with van der Waals surface area (Å²) in [7, 11) is -3.47. The molecule has 0 bridgehead atoms. The molecule has 2 heterocycles. The minimum Gasteiger partial charge on any atom is -0.392 e. The van der Waals surface area contributed by atoms with E-state index in [0.29, 0.717) is 17.3 Å². The van der Waals surface area contributed by atoms with Crippen LogP contribution in [0.4, 0.5) is 0 Å². The fourth-order valence-corrected chi connectivity index (χ4v) is 4.97. The molecule has 1 aromatic rings. The van der Waals surface area contributed by atoms with Gasteiger partial charge in [0.15, 0.2) is 0 Å². The number of aliphatic hydroxyl groups excluding tert-OH is 1. The first-order valence-corrected chi connectivity index (χ1v) is 7.49. The smallest absolute Gasteiger partial charge is 0.252 e. The van der Waals surface area contributed by atoms with Crippen molar-refractivity contribution >= 4 is 33.0 Å². The van der Waals surface area contributed by atoms with Crippen LogP contribution in [0.25, 0.3) is 0 Å². The highest BCUT2D eigenvalue weighted by Gasteiger charge is 2.32. The van der Waals surface area contributed by atoms with E-state index in [1.807, 2.05) is 0 Å². The van der Waals surface area contributed by atoms with Crippen molar-refractivity contribution in [3.63, 3.8) is 0 Å². The second kappa shape index (κ2) is 4.27. The third kappa shape index (κ3) is 2.12. The van der Waals surface area contributed by atoms with E-state index in [4.69, 9.17) is 11.6 Å². The zero-order chi connectivity index (χ0) is 11.9. The van der Waals surface area contributed by atoms with E-state index in [1.165, 1.54) is 4.31 Å². The number of halogens is 1. The van der Waals surface area contributed by atoms with Crippen molar-refractivity contribution in [3.05, 3.63) is 16.0 Å². The summed E-state index contributed by atoms with van der Waals surface area (Å²) in [4.78, 5) is 0. The second-order valence-electron chi connectivity index (χ2n) is 3.83. The van der Waals surface area contributed by atoms with Gasteiger partial charge >= 0.3 is 0 Å². The van der Waals surface area contributed by atoms with E-state index in [2.05, 4.69) is 0 Å². The highest BCUT2D eigenvalue weighted by molar-refractivity contribution is 7.91. The Bertz CT molecular complexity index is 477. The van der Waals surface area contributed by atoms with E-state index in [9.17, 15) is 13.5 Å². The molecule has 1 aliphatic heterocycles. The molecule has 0 radical (unpaired) electrons. The van der Waals surface area contributed by atoms with E-state index >= 15 is 0 Å². The van der Waals surface area contributed by atoms with Gasteiger partial charge in [0, 0.05) is 13.1 Å². The van der Waals surface area contributed by atoms with Crippen LogP contribution in [0.15, 0.2) is 10.3 Å². The lowest BCUT2D eigenvalue weighted by molar-refractivity contribution is 0.189. The van der Waals surface area contributed by atoms with E-state index < -0.39 is 16.1 Å². The molecular weight excluding hydrogens is 270 g/mol. The largest absolute Gasteiger partial charge is 0.392 e. The van der Waals surface area contributed by atoms with Crippen molar-refractivity contribution in [3.8, 4) is 0 Å². The predicted molar refractivity (Wildman–Crippen MR) is 63.4 cm³/mol. The van der Waals surface area contributed by atoms with Crippen LogP contribution in [-0.2, 0) is 10.0 Å². The monoisotopic (exact) mass is 281 g/mol. The van der Waals surface area contributed by atoms with Gasteiger partial charge in [-0.05, 0) is 25.0 Å². The van der Waals surface area contributed by atoms with Gasteiger partial charge in [0.25, 0.3) is 10.0 Å². The molecule has 0 unspecified atom stereocenters. The first-order chi connectivity index (χ1) is 7.41. The molecule has 4 nitrogen and oxygen atoms in total. The van der Waals surface area contributed by atoms with Gasteiger partial charge < -0.3 is 5.11 Å². The Morgan fingerprint density at radius 3 is 2.75 bits per heavy atom. The van der Waals surface area contributed by atoms with Gasteiger partial charge in [0.1, 0.15) is 4.21 Å². The summed E-state index contributed by atoms with van der Waals surface area (Å²) >= 11 is 6.92. The van der Waals surface area contributed by atoms with Crippen LogP contribution in [0.3, 0.4) is 0 Å².